The van der Waals surface area contributed by atoms with Crippen molar-refractivity contribution >= 4 is 11.0 Å². The molecule has 112 valence electrons. The van der Waals surface area contributed by atoms with E-state index in [1.807, 2.05) is 26.1 Å². The van der Waals surface area contributed by atoms with E-state index < -0.39 is 0 Å². The van der Waals surface area contributed by atoms with E-state index >= 15 is 0 Å². The van der Waals surface area contributed by atoms with Gasteiger partial charge in [0.15, 0.2) is 5.82 Å². The first kappa shape index (κ1) is 13.2. The highest BCUT2D eigenvalue weighted by molar-refractivity contribution is 5.77. The molecular weight excluding hydrogens is 278 g/mol. The van der Waals surface area contributed by atoms with Crippen molar-refractivity contribution in [2.45, 2.75) is 38.7 Å². The summed E-state index contributed by atoms with van der Waals surface area (Å²) in [5.41, 5.74) is 3.63. The van der Waals surface area contributed by atoms with Gasteiger partial charge < -0.3 is 9.72 Å². The van der Waals surface area contributed by atoms with Gasteiger partial charge in [0.1, 0.15) is 11.9 Å². The lowest BCUT2D eigenvalue weighted by Gasteiger charge is -2.14. The van der Waals surface area contributed by atoms with Crippen molar-refractivity contribution in [2.24, 2.45) is 0 Å². The molecule has 1 aliphatic carbocycles. The molecule has 0 saturated heterocycles. The lowest BCUT2D eigenvalue weighted by Crippen LogP contribution is -2.10. The molecule has 0 bridgehead atoms. The van der Waals surface area contributed by atoms with Crippen molar-refractivity contribution in [3.63, 3.8) is 0 Å². The van der Waals surface area contributed by atoms with Gasteiger partial charge in [-0.25, -0.2) is 19.9 Å². The van der Waals surface area contributed by atoms with Gasteiger partial charge in [-0.2, -0.15) is 0 Å². The van der Waals surface area contributed by atoms with Crippen LogP contribution in [-0.4, -0.2) is 31.0 Å². The molecule has 4 rings (SSSR count). The molecule has 0 spiro atoms. The number of hydrogen-bond donors (Lipinski definition) is 1. The summed E-state index contributed by atoms with van der Waals surface area (Å²) in [5.74, 6) is 1.67. The highest BCUT2D eigenvalue weighted by Crippen LogP contribution is 2.45. The van der Waals surface area contributed by atoms with Crippen LogP contribution in [0.2, 0.25) is 0 Å². The zero-order chi connectivity index (χ0) is 15.1. The molecule has 0 radical (unpaired) electrons. The molecule has 0 atom stereocenters. The van der Waals surface area contributed by atoms with E-state index in [2.05, 4.69) is 24.9 Å². The topological polar surface area (TPSA) is 76.6 Å². The Bertz CT molecular complexity index is 822. The third kappa shape index (κ3) is 2.30. The first-order valence-corrected chi connectivity index (χ1v) is 7.54. The number of H-pyrrole nitrogens is 1. The lowest BCUT2D eigenvalue weighted by atomic mass is 10.1. The summed E-state index contributed by atoms with van der Waals surface area (Å²) in [5, 5.41) is 0. The minimum atomic E-state index is 0.0386. The van der Waals surface area contributed by atoms with E-state index in [4.69, 9.17) is 4.74 Å². The molecule has 0 aromatic carbocycles. The van der Waals surface area contributed by atoms with E-state index in [1.54, 1.807) is 12.5 Å². The Balaban J connectivity index is 1.90. The fourth-order valence-electron chi connectivity index (χ4n) is 2.54. The van der Waals surface area contributed by atoms with E-state index in [1.165, 1.54) is 0 Å². The number of ether oxygens (including phenoxy) is 1. The van der Waals surface area contributed by atoms with Gasteiger partial charge in [0, 0.05) is 12.1 Å². The van der Waals surface area contributed by atoms with Gasteiger partial charge in [0.2, 0.25) is 5.88 Å². The largest absolute Gasteiger partial charge is 0.474 e. The number of aromatic nitrogens is 5. The molecule has 1 N–H and O–H groups in total. The maximum atomic E-state index is 5.87. The maximum Gasteiger partial charge on any atom is 0.228 e. The Morgan fingerprint density at radius 2 is 2.09 bits per heavy atom. The molecule has 22 heavy (non-hydrogen) atoms. The Morgan fingerprint density at radius 3 is 2.86 bits per heavy atom. The van der Waals surface area contributed by atoms with Gasteiger partial charge in [-0.3, -0.25) is 0 Å². The quantitative estimate of drug-likeness (QED) is 0.800. The first-order valence-electron chi connectivity index (χ1n) is 7.54. The summed E-state index contributed by atoms with van der Waals surface area (Å²) >= 11 is 0. The fourth-order valence-corrected chi connectivity index (χ4v) is 2.54. The summed E-state index contributed by atoms with van der Waals surface area (Å²) in [4.78, 5) is 21.0. The van der Waals surface area contributed by atoms with Crippen molar-refractivity contribution < 1.29 is 4.74 Å². The van der Waals surface area contributed by atoms with Crippen LogP contribution in [-0.2, 0) is 0 Å². The molecule has 1 saturated carbocycles. The van der Waals surface area contributed by atoms with Gasteiger partial charge in [-0.15, -0.1) is 0 Å². The minimum absolute atomic E-state index is 0.0386. The van der Waals surface area contributed by atoms with Crippen molar-refractivity contribution in [3.05, 3.63) is 30.5 Å². The van der Waals surface area contributed by atoms with Gasteiger partial charge in [0.25, 0.3) is 0 Å². The molecule has 6 nitrogen and oxygen atoms in total. The van der Waals surface area contributed by atoms with Crippen LogP contribution in [0.4, 0.5) is 0 Å². The van der Waals surface area contributed by atoms with Gasteiger partial charge in [0.05, 0.1) is 29.0 Å². The summed E-state index contributed by atoms with van der Waals surface area (Å²) in [6.45, 7) is 3.97. The zero-order valence-corrected chi connectivity index (χ0v) is 12.6. The maximum absolute atomic E-state index is 5.87. The Hall–Kier alpha value is -2.50. The zero-order valence-electron chi connectivity index (χ0n) is 12.6. The molecule has 3 heterocycles. The monoisotopic (exact) mass is 295 g/mol. The highest BCUT2D eigenvalue weighted by Gasteiger charge is 2.31. The third-order valence-corrected chi connectivity index (χ3v) is 3.68. The smallest absolute Gasteiger partial charge is 0.228 e. The van der Waals surface area contributed by atoms with Crippen LogP contribution in [0.15, 0.2) is 24.8 Å². The van der Waals surface area contributed by atoms with Crippen molar-refractivity contribution in [3.8, 4) is 17.3 Å². The van der Waals surface area contributed by atoms with Gasteiger partial charge >= 0.3 is 0 Å². The highest BCUT2D eigenvalue weighted by atomic mass is 16.5. The second-order valence-corrected chi connectivity index (χ2v) is 5.85. The summed E-state index contributed by atoms with van der Waals surface area (Å²) in [7, 11) is 0. The van der Waals surface area contributed by atoms with Crippen molar-refractivity contribution in [1.82, 2.24) is 24.9 Å². The van der Waals surface area contributed by atoms with Crippen LogP contribution in [0, 0.1) is 0 Å². The molecule has 0 aliphatic heterocycles. The molecule has 3 aromatic heterocycles. The Morgan fingerprint density at radius 1 is 1.23 bits per heavy atom. The van der Waals surface area contributed by atoms with Crippen LogP contribution in [0.25, 0.3) is 22.4 Å². The second-order valence-electron chi connectivity index (χ2n) is 5.85. The van der Waals surface area contributed by atoms with Crippen molar-refractivity contribution in [1.29, 1.82) is 0 Å². The van der Waals surface area contributed by atoms with Crippen molar-refractivity contribution in [2.75, 3.05) is 0 Å². The lowest BCUT2D eigenvalue weighted by molar-refractivity contribution is 0.233. The molecule has 3 aromatic rings. The molecule has 1 fully saturated rings. The third-order valence-electron chi connectivity index (χ3n) is 3.68. The summed E-state index contributed by atoms with van der Waals surface area (Å²) < 4.78 is 5.87. The molecule has 0 amide bonds. The number of nitrogens with zero attached hydrogens (tertiary/aromatic N) is 4. The average molecular weight is 295 g/mol. The normalized spacial score (nSPS) is 14.7. The summed E-state index contributed by atoms with van der Waals surface area (Å²) in [6.07, 6.45) is 7.56. The van der Waals surface area contributed by atoms with Crippen LogP contribution < -0.4 is 4.74 Å². The van der Waals surface area contributed by atoms with Gasteiger partial charge in [-0.05, 0) is 32.8 Å². The van der Waals surface area contributed by atoms with E-state index in [0.717, 1.165) is 35.1 Å². The van der Waals surface area contributed by atoms with E-state index in [0.29, 0.717) is 17.6 Å². The molecule has 1 aliphatic rings. The molecular formula is C16H17N5O. The molecule has 0 unspecified atom stereocenters. The number of fused-ring (bicyclic) bond motifs is 1. The molecule has 6 heteroatoms. The SMILES string of the molecule is CC(C)Oc1ncnc(C2CC2)c1-c1ncc2[nH]ccc2n1. The van der Waals surface area contributed by atoms with Crippen LogP contribution in [0.1, 0.15) is 38.3 Å². The van der Waals surface area contributed by atoms with Crippen LogP contribution in [0.3, 0.4) is 0 Å². The second kappa shape index (κ2) is 5.05. The Kier molecular flexibility index (Phi) is 3.03. The minimum Gasteiger partial charge on any atom is -0.474 e. The average Bonchev–Trinajstić information content (AvgIpc) is 3.24. The number of rotatable bonds is 4. The number of aromatic amines is 1. The number of nitrogens with one attached hydrogen (secondary N) is 1. The standard InChI is InChI=1S/C16H17N5O/c1-9(2)22-16-13(14(10-3-4-10)19-8-20-16)15-18-7-12-11(21-15)5-6-17-12/h5-10,17H,3-4H2,1-2H3. The van der Waals surface area contributed by atoms with Crippen LogP contribution in [0.5, 0.6) is 5.88 Å². The number of hydrogen-bond acceptors (Lipinski definition) is 5. The van der Waals surface area contributed by atoms with Crippen LogP contribution >= 0.6 is 0 Å². The van der Waals surface area contributed by atoms with E-state index in [9.17, 15) is 0 Å². The summed E-state index contributed by atoms with van der Waals surface area (Å²) in [6, 6.07) is 1.93. The Labute approximate surface area is 128 Å². The van der Waals surface area contributed by atoms with Gasteiger partial charge in [-0.1, -0.05) is 0 Å². The first-order chi connectivity index (χ1) is 10.7. The predicted molar refractivity (Wildman–Crippen MR) is 82.7 cm³/mol. The van der Waals surface area contributed by atoms with E-state index in [-0.39, 0.29) is 6.10 Å². The fraction of sp³-hybridized carbons (Fsp3) is 0.375. The predicted octanol–water partition coefficient (Wildman–Crippen LogP) is 3.08.